The maximum atomic E-state index is 13.9. The zero-order valence-corrected chi connectivity index (χ0v) is 12.7. The van der Waals surface area contributed by atoms with Crippen molar-refractivity contribution in [2.75, 3.05) is 0 Å². The molecule has 1 aromatic carbocycles. The van der Waals surface area contributed by atoms with Gasteiger partial charge in [0.05, 0.1) is 0 Å². The molecule has 20 heavy (non-hydrogen) atoms. The molecule has 2 heteroatoms. The molecular formula is C18H26F2. The highest BCUT2D eigenvalue weighted by Gasteiger charge is 2.23. The predicted octanol–water partition coefficient (Wildman–Crippen LogP) is 5.99. The molecule has 112 valence electrons. The van der Waals surface area contributed by atoms with E-state index in [0.717, 1.165) is 24.3 Å². The van der Waals surface area contributed by atoms with E-state index in [9.17, 15) is 8.78 Å². The van der Waals surface area contributed by atoms with E-state index in [4.69, 9.17) is 0 Å². The summed E-state index contributed by atoms with van der Waals surface area (Å²) in [5, 5.41) is 0. The summed E-state index contributed by atoms with van der Waals surface area (Å²) in [4.78, 5) is 0. The van der Waals surface area contributed by atoms with Crippen LogP contribution in [-0.2, 0) is 6.42 Å². The molecule has 0 N–H and O–H groups in total. The van der Waals surface area contributed by atoms with Gasteiger partial charge in [-0.05, 0) is 61.6 Å². The monoisotopic (exact) mass is 280 g/mol. The van der Waals surface area contributed by atoms with Crippen LogP contribution in [-0.4, -0.2) is 0 Å². The van der Waals surface area contributed by atoms with E-state index < -0.39 is 0 Å². The normalized spacial score (nSPS) is 23.0. The molecule has 1 fully saturated rings. The molecule has 2 rings (SSSR count). The Labute approximate surface area is 121 Å². The van der Waals surface area contributed by atoms with Gasteiger partial charge in [0, 0.05) is 5.56 Å². The molecule has 0 heterocycles. The Kier molecular flexibility index (Phi) is 5.56. The Morgan fingerprint density at radius 2 is 1.60 bits per heavy atom. The highest BCUT2D eigenvalue weighted by atomic mass is 19.1. The fourth-order valence-corrected chi connectivity index (χ4v) is 3.47. The minimum Gasteiger partial charge on any atom is -0.207 e. The first-order valence-electron chi connectivity index (χ1n) is 8.13. The molecule has 0 aromatic heterocycles. The van der Waals surface area contributed by atoms with E-state index in [1.807, 2.05) is 0 Å². The zero-order valence-electron chi connectivity index (χ0n) is 12.7. The van der Waals surface area contributed by atoms with Gasteiger partial charge in [-0.2, -0.15) is 0 Å². The second-order valence-electron chi connectivity index (χ2n) is 6.18. The van der Waals surface area contributed by atoms with Gasteiger partial charge >= 0.3 is 0 Å². The largest absolute Gasteiger partial charge is 0.207 e. The van der Waals surface area contributed by atoms with Crippen LogP contribution in [0.25, 0.3) is 0 Å². The van der Waals surface area contributed by atoms with Crippen LogP contribution >= 0.6 is 0 Å². The van der Waals surface area contributed by atoms with Crippen molar-refractivity contribution >= 4 is 0 Å². The average molecular weight is 280 g/mol. The van der Waals surface area contributed by atoms with Crippen LogP contribution in [0.1, 0.15) is 75.8 Å². The quantitative estimate of drug-likeness (QED) is 0.621. The summed E-state index contributed by atoms with van der Waals surface area (Å²) >= 11 is 0. The second kappa shape index (κ2) is 7.19. The van der Waals surface area contributed by atoms with Crippen LogP contribution in [0.5, 0.6) is 0 Å². The minimum absolute atomic E-state index is 0.227. The number of unbranched alkanes of at least 4 members (excludes halogenated alkanes) is 1. The summed E-state index contributed by atoms with van der Waals surface area (Å²) in [5.41, 5.74) is 1.09. The van der Waals surface area contributed by atoms with E-state index in [1.54, 1.807) is 19.1 Å². The molecule has 0 unspecified atom stereocenters. The first-order chi connectivity index (χ1) is 9.65. The fraction of sp³-hybridized carbons (Fsp3) is 0.667. The zero-order chi connectivity index (χ0) is 14.5. The standard InChI is InChI=1S/C18H26F2/c1-3-5-6-13-7-9-14(10-8-13)15-11-17(19)16(4-2)18(20)12-15/h11-14H,3-10H2,1-2H3. The van der Waals surface area contributed by atoms with Crippen molar-refractivity contribution in [3.63, 3.8) is 0 Å². The van der Waals surface area contributed by atoms with Crippen molar-refractivity contribution in [1.29, 1.82) is 0 Å². The average Bonchev–Trinajstić information content (AvgIpc) is 2.45. The van der Waals surface area contributed by atoms with E-state index >= 15 is 0 Å². The number of hydrogen-bond donors (Lipinski definition) is 0. The molecule has 0 radical (unpaired) electrons. The molecule has 0 amide bonds. The highest BCUT2D eigenvalue weighted by molar-refractivity contribution is 5.29. The number of halogens is 2. The lowest BCUT2D eigenvalue weighted by Crippen LogP contribution is -2.14. The number of hydrogen-bond acceptors (Lipinski definition) is 0. The minimum atomic E-state index is -0.365. The lowest BCUT2D eigenvalue weighted by Gasteiger charge is -2.29. The van der Waals surface area contributed by atoms with Gasteiger partial charge in [0.1, 0.15) is 11.6 Å². The van der Waals surface area contributed by atoms with Crippen LogP contribution in [0.3, 0.4) is 0 Å². The van der Waals surface area contributed by atoms with Gasteiger partial charge in [0.15, 0.2) is 0 Å². The van der Waals surface area contributed by atoms with Gasteiger partial charge in [0.2, 0.25) is 0 Å². The summed E-state index contributed by atoms with van der Waals surface area (Å²) in [5.74, 6) is 0.449. The van der Waals surface area contributed by atoms with E-state index in [1.165, 1.54) is 32.1 Å². The highest BCUT2D eigenvalue weighted by Crippen LogP contribution is 2.38. The molecule has 1 saturated carbocycles. The second-order valence-corrected chi connectivity index (χ2v) is 6.18. The Bertz CT molecular complexity index is 408. The number of rotatable bonds is 5. The van der Waals surface area contributed by atoms with E-state index in [0.29, 0.717) is 12.3 Å². The first-order valence-corrected chi connectivity index (χ1v) is 8.13. The maximum Gasteiger partial charge on any atom is 0.129 e. The SMILES string of the molecule is CCCCC1CCC(c2cc(F)c(CC)c(F)c2)CC1. The van der Waals surface area contributed by atoms with Crippen molar-refractivity contribution in [2.45, 2.75) is 71.1 Å². The molecule has 0 atom stereocenters. The summed E-state index contributed by atoms with van der Waals surface area (Å²) in [6, 6.07) is 3.14. The van der Waals surface area contributed by atoms with Gasteiger partial charge in [-0.1, -0.05) is 33.1 Å². The van der Waals surface area contributed by atoms with Crippen LogP contribution in [0.15, 0.2) is 12.1 Å². The Hall–Kier alpha value is -0.920. The van der Waals surface area contributed by atoms with Crippen LogP contribution in [0.2, 0.25) is 0 Å². The van der Waals surface area contributed by atoms with Gasteiger partial charge < -0.3 is 0 Å². The Morgan fingerprint density at radius 3 is 2.10 bits per heavy atom. The third-order valence-electron chi connectivity index (χ3n) is 4.80. The lowest BCUT2D eigenvalue weighted by molar-refractivity contribution is 0.303. The molecule has 1 aromatic rings. The van der Waals surface area contributed by atoms with Gasteiger partial charge in [-0.3, -0.25) is 0 Å². The van der Waals surface area contributed by atoms with Crippen molar-refractivity contribution in [3.05, 3.63) is 34.9 Å². The van der Waals surface area contributed by atoms with Crippen molar-refractivity contribution in [2.24, 2.45) is 5.92 Å². The predicted molar refractivity (Wildman–Crippen MR) is 80.0 cm³/mol. The Morgan fingerprint density at radius 1 is 1.00 bits per heavy atom. The van der Waals surface area contributed by atoms with E-state index in [2.05, 4.69) is 6.92 Å². The molecule has 0 nitrogen and oxygen atoms in total. The third kappa shape index (κ3) is 3.59. The smallest absolute Gasteiger partial charge is 0.129 e. The summed E-state index contributed by atoms with van der Waals surface area (Å²) < 4.78 is 27.7. The molecule has 0 spiro atoms. The number of benzene rings is 1. The van der Waals surface area contributed by atoms with Crippen molar-refractivity contribution < 1.29 is 8.78 Å². The summed E-state index contributed by atoms with van der Waals surface area (Å²) in [6.45, 7) is 4.02. The fourth-order valence-electron chi connectivity index (χ4n) is 3.47. The molecular weight excluding hydrogens is 254 g/mol. The molecule has 0 saturated heterocycles. The van der Waals surface area contributed by atoms with Gasteiger partial charge in [-0.25, -0.2) is 8.78 Å². The lowest BCUT2D eigenvalue weighted by atomic mass is 9.77. The van der Waals surface area contributed by atoms with Crippen LogP contribution in [0.4, 0.5) is 8.78 Å². The van der Waals surface area contributed by atoms with Crippen molar-refractivity contribution in [3.8, 4) is 0 Å². The van der Waals surface area contributed by atoms with Gasteiger partial charge in [0.25, 0.3) is 0 Å². The molecule has 1 aliphatic carbocycles. The van der Waals surface area contributed by atoms with Gasteiger partial charge in [-0.15, -0.1) is 0 Å². The topological polar surface area (TPSA) is 0 Å². The third-order valence-corrected chi connectivity index (χ3v) is 4.80. The maximum absolute atomic E-state index is 13.9. The molecule has 0 aliphatic heterocycles. The van der Waals surface area contributed by atoms with E-state index in [-0.39, 0.29) is 17.2 Å². The first kappa shape index (κ1) is 15.5. The van der Waals surface area contributed by atoms with Crippen LogP contribution in [0, 0.1) is 17.6 Å². The summed E-state index contributed by atoms with van der Waals surface area (Å²) in [7, 11) is 0. The summed E-state index contributed by atoms with van der Waals surface area (Å²) in [6.07, 6.45) is 8.89. The van der Waals surface area contributed by atoms with Crippen LogP contribution < -0.4 is 0 Å². The molecule has 1 aliphatic rings. The Balaban J connectivity index is 2.00. The van der Waals surface area contributed by atoms with Crippen molar-refractivity contribution in [1.82, 2.24) is 0 Å². The molecule has 0 bridgehead atoms.